The Morgan fingerprint density at radius 3 is 2.47 bits per heavy atom. The molecule has 172 valence electrons. The molecule has 0 N–H and O–H groups in total. The number of likely N-dealkylation sites (tertiary alicyclic amines) is 1. The minimum atomic E-state index is -3.22. The minimum Gasteiger partial charge on any atom is -0.490 e. The highest BCUT2D eigenvalue weighted by Gasteiger charge is 2.34. The Morgan fingerprint density at radius 1 is 1.12 bits per heavy atom. The highest BCUT2D eigenvalue weighted by molar-refractivity contribution is 7.90. The van der Waals surface area contributed by atoms with Crippen molar-refractivity contribution < 1.29 is 22.7 Å². The first kappa shape index (κ1) is 22.6. The number of piperidine rings is 1. The molecule has 0 saturated carbocycles. The van der Waals surface area contributed by atoms with Gasteiger partial charge < -0.3 is 14.4 Å². The SMILES string of the molecule is Cc1cc(S(C)(=O)=O)ccc1-c1ccc2c(c1)CC(C1CCN(C(=O)OC(C)C)CC1)O2. The maximum absolute atomic E-state index is 12.1. The number of carbonyl (C=O) groups excluding carboxylic acids is 1. The zero-order valence-corrected chi connectivity index (χ0v) is 19.9. The van der Waals surface area contributed by atoms with Crippen molar-refractivity contribution in [3.63, 3.8) is 0 Å². The van der Waals surface area contributed by atoms with Crippen molar-refractivity contribution >= 4 is 15.9 Å². The molecule has 1 unspecified atom stereocenters. The van der Waals surface area contributed by atoms with Crippen LogP contribution in [-0.2, 0) is 21.0 Å². The standard InChI is InChI=1S/C25H31NO5S/c1-16(2)30-25(27)26-11-9-18(10-12-26)24-15-20-14-19(5-8-23(20)31-24)22-7-6-21(13-17(22)3)32(4,28)29/h5-8,13-14,16,18,24H,9-12,15H2,1-4H3. The number of carbonyl (C=O) groups is 1. The summed E-state index contributed by atoms with van der Waals surface area (Å²) in [5.41, 5.74) is 4.21. The van der Waals surface area contributed by atoms with Gasteiger partial charge in [0.25, 0.3) is 0 Å². The molecular weight excluding hydrogens is 426 g/mol. The number of sulfone groups is 1. The summed E-state index contributed by atoms with van der Waals surface area (Å²) in [5.74, 6) is 1.33. The Morgan fingerprint density at radius 2 is 1.84 bits per heavy atom. The molecule has 32 heavy (non-hydrogen) atoms. The van der Waals surface area contributed by atoms with E-state index in [-0.39, 0.29) is 18.3 Å². The Kier molecular flexibility index (Phi) is 6.21. The number of benzene rings is 2. The number of hydrogen-bond donors (Lipinski definition) is 0. The van der Waals surface area contributed by atoms with Crippen LogP contribution in [0, 0.1) is 12.8 Å². The van der Waals surface area contributed by atoms with Gasteiger partial charge in [-0.15, -0.1) is 0 Å². The van der Waals surface area contributed by atoms with Gasteiger partial charge in [-0.05, 0) is 86.1 Å². The van der Waals surface area contributed by atoms with Crippen LogP contribution in [0.25, 0.3) is 11.1 Å². The van der Waals surface area contributed by atoms with Gasteiger partial charge in [0.2, 0.25) is 0 Å². The third kappa shape index (κ3) is 4.77. The molecule has 0 aliphatic carbocycles. The topological polar surface area (TPSA) is 72.9 Å². The third-order valence-corrected chi connectivity index (χ3v) is 7.47. The van der Waals surface area contributed by atoms with Crippen molar-refractivity contribution in [3.05, 3.63) is 47.5 Å². The van der Waals surface area contributed by atoms with Crippen LogP contribution in [0.1, 0.15) is 37.8 Å². The van der Waals surface area contributed by atoms with Gasteiger partial charge >= 0.3 is 6.09 Å². The quantitative estimate of drug-likeness (QED) is 0.670. The number of hydrogen-bond acceptors (Lipinski definition) is 5. The molecule has 2 aliphatic rings. The first-order valence-electron chi connectivity index (χ1n) is 11.2. The molecule has 1 amide bonds. The van der Waals surface area contributed by atoms with Crippen LogP contribution < -0.4 is 4.74 Å². The molecule has 1 fully saturated rings. The fraction of sp³-hybridized carbons (Fsp3) is 0.480. The molecule has 0 radical (unpaired) electrons. The lowest BCUT2D eigenvalue weighted by Gasteiger charge is -2.34. The maximum Gasteiger partial charge on any atom is 0.410 e. The van der Waals surface area contributed by atoms with E-state index in [9.17, 15) is 13.2 Å². The maximum atomic E-state index is 12.1. The lowest BCUT2D eigenvalue weighted by Crippen LogP contribution is -2.43. The fourth-order valence-electron chi connectivity index (χ4n) is 4.63. The van der Waals surface area contributed by atoms with Crippen LogP contribution in [0.3, 0.4) is 0 Å². The van der Waals surface area contributed by atoms with Crippen LogP contribution in [0.15, 0.2) is 41.3 Å². The molecule has 0 spiro atoms. The highest BCUT2D eigenvalue weighted by atomic mass is 32.2. The Bertz CT molecular complexity index is 1120. The van der Waals surface area contributed by atoms with Crippen molar-refractivity contribution in [1.29, 1.82) is 0 Å². The van der Waals surface area contributed by atoms with Gasteiger partial charge in [0.05, 0.1) is 11.0 Å². The largest absolute Gasteiger partial charge is 0.490 e. The second-order valence-corrected chi connectivity index (χ2v) is 11.2. The van der Waals surface area contributed by atoms with Gasteiger partial charge in [0, 0.05) is 25.8 Å². The van der Waals surface area contributed by atoms with Gasteiger partial charge in [-0.25, -0.2) is 13.2 Å². The lowest BCUT2D eigenvalue weighted by molar-refractivity contribution is 0.0503. The lowest BCUT2D eigenvalue weighted by atomic mass is 9.88. The predicted molar refractivity (Wildman–Crippen MR) is 124 cm³/mol. The average Bonchev–Trinajstić information content (AvgIpc) is 3.16. The molecular formula is C25H31NO5S. The van der Waals surface area contributed by atoms with Crippen LogP contribution >= 0.6 is 0 Å². The van der Waals surface area contributed by atoms with Crippen LogP contribution in [0.2, 0.25) is 0 Å². The Balaban J connectivity index is 1.43. The number of aryl methyl sites for hydroxylation is 1. The van der Waals surface area contributed by atoms with E-state index in [1.54, 1.807) is 17.0 Å². The normalized spacial score (nSPS) is 19.0. The minimum absolute atomic E-state index is 0.103. The zero-order chi connectivity index (χ0) is 23.0. The first-order valence-corrected chi connectivity index (χ1v) is 13.1. The van der Waals surface area contributed by atoms with Gasteiger partial charge in [0.15, 0.2) is 9.84 Å². The van der Waals surface area contributed by atoms with E-state index in [0.717, 1.165) is 41.7 Å². The Labute approximate surface area is 190 Å². The third-order valence-electron chi connectivity index (χ3n) is 6.36. The average molecular weight is 458 g/mol. The highest BCUT2D eigenvalue weighted by Crippen LogP contribution is 2.38. The summed E-state index contributed by atoms with van der Waals surface area (Å²) < 4.78 is 35.3. The first-order chi connectivity index (χ1) is 15.1. The van der Waals surface area contributed by atoms with E-state index < -0.39 is 9.84 Å². The predicted octanol–water partition coefficient (Wildman–Crippen LogP) is 4.63. The number of ether oxygens (including phenoxy) is 2. The molecule has 0 aromatic heterocycles. The number of fused-ring (bicyclic) bond motifs is 1. The van der Waals surface area contributed by atoms with E-state index in [2.05, 4.69) is 6.07 Å². The summed E-state index contributed by atoms with van der Waals surface area (Å²) in [4.78, 5) is 14.3. The zero-order valence-electron chi connectivity index (χ0n) is 19.1. The molecule has 1 saturated heterocycles. The van der Waals surface area contributed by atoms with Gasteiger partial charge in [-0.1, -0.05) is 12.1 Å². The van der Waals surface area contributed by atoms with E-state index in [1.807, 2.05) is 39.0 Å². The van der Waals surface area contributed by atoms with E-state index in [0.29, 0.717) is 23.9 Å². The van der Waals surface area contributed by atoms with Gasteiger partial charge in [-0.3, -0.25) is 0 Å². The van der Waals surface area contributed by atoms with E-state index in [4.69, 9.17) is 9.47 Å². The molecule has 7 heteroatoms. The number of rotatable bonds is 4. The van der Waals surface area contributed by atoms with Crippen molar-refractivity contribution in [2.24, 2.45) is 5.92 Å². The number of amides is 1. The van der Waals surface area contributed by atoms with E-state index in [1.165, 1.54) is 11.8 Å². The summed E-state index contributed by atoms with van der Waals surface area (Å²) in [7, 11) is -3.22. The van der Waals surface area contributed by atoms with Crippen LogP contribution in [0.4, 0.5) is 4.79 Å². The molecule has 2 heterocycles. The summed E-state index contributed by atoms with van der Waals surface area (Å²) in [6.07, 6.45) is 3.69. The molecule has 2 aromatic rings. The summed E-state index contributed by atoms with van der Waals surface area (Å²) >= 11 is 0. The fourth-order valence-corrected chi connectivity index (χ4v) is 5.33. The summed E-state index contributed by atoms with van der Waals surface area (Å²) in [5, 5.41) is 0. The van der Waals surface area contributed by atoms with Crippen LogP contribution in [-0.4, -0.2) is 51.0 Å². The van der Waals surface area contributed by atoms with Gasteiger partial charge in [0.1, 0.15) is 11.9 Å². The van der Waals surface area contributed by atoms with Crippen molar-refractivity contribution in [1.82, 2.24) is 4.90 Å². The van der Waals surface area contributed by atoms with Crippen molar-refractivity contribution in [2.45, 2.75) is 57.1 Å². The second-order valence-electron chi connectivity index (χ2n) is 9.19. The molecule has 6 nitrogen and oxygen atoms in total. The number of nitrogens with zero attached hydrogens (tertiary/aromatic N) is 1. The summed E-state index contributed by atoms with van der Waals surface area (Å²) in [6.45, 7) is 7.07. The summed E-state index contributed by atoms with van der Waals surface area (Å²) in [6, 6.07) is 11.5. The van der Waals surface area contributed by atoms with Crippen molar-refractivity contribution in [2.75, 3.05) is 19.3 Å². The molecule has 4 rings (SSSR count). The van der Waals surface area contributed by atoms with Gasteiger partial charge in [-0.2, -0.15) is 0 Å². The molecule has 2 aliphatic heterocycles. The monoisotopic (exact) mass is 457 g/mol. The van der Waals surface area contributed by atoms with Crippen molar-refractivity contribution in [3.8, 4) is 16.9 Å². The molecule has 0 bridgehead atoms. The second kappa shape index (κ2) is 8.77. The van der Waals surface area contributed by atoms with E-state index >= 15 is 0 Å². The molecule has 1 atom stereocenters. The smallest absolute Gasteiger partial charge is 0.410 e. The Hall–Kier alpha value is -2.54. The molecule has 2 aromatic carbocycles. The van der Waals surface area contributed by atoms with Crippen LogP contribution in [0.5, 0.6) is 5.75 Å².